The molecule has 0 atom stereocenters. The zero-order valence-corrected chi connectivity index (χ0v) is 6.45. The van der Waals surface area contributed by atoms with E-state index in [1.807, 2.05) is 0 Å². The molecule has 1 aromatic heterocycles. The summed E-state index contributed by atoms with van der Waals surface area (Å²) in [6.07, 6.45) is 0. The summed E-state index contributed by atoms with van der Waals surface area (Å²) in [5.74, 6) is -1.12. The number of hydrogen-bond donors (Lipinski definition) is 1. The van der Waals surface area contributed by atoms with Gasteiger partial charge >= 0.3 is 5.63 Å². The van der Waals surface area contributed by atoms with Gasteiger partial charge in [0.2, 0.25) is 5.82 Å². The van der Waals surface area contributed by atoms with Crippen LogP contribution < -0.4 is 5.63 Å². The van der Waals surface area contributed by atoms with E-state index < -0.39 is 11.4 Å². The third kappa shape index (κ3) is 1.16. The maximum atomic E-state index is 12.7. The first-order valence-electron chi connectivity index (χ1n) is 3.60. The normalized spacial score (nSPS) is 10.5. The van der Waals surface area contributed by atoms with Crippen molar-refractivity contribution in [2.75, 3.05) is 0 Å². The van der Waals surface area contributed by atoms with E-state index in [0.717, 1.165) is 6.07 Å². The molecule has 66 valence electrons. The zero-order valence-electron chi connectivity index (χ0n) is 6.45. The molecule has 1 heterocycles. The molecule has 0 amide bonds. The van der Waals surface area contributed by atoms with E-state index in [9.17, 15) is 14.3 Å². The predicted molar refractivity (Wildman–Crippen MR) is 44.1 cm³/mol. The molecule has 0 aliphatic heterocycles. The highest BCUT2D eigenvalue weighted by atomic mass is 19.1. The molecule has 2 rings (SSSR count). The van der Waals surface area contributed by atoms with Crippen molar-refractivity contribution < 1.29 is 13.9 Å². The minimum absolute atomic E-state index is 0.111. The SMILES string of the molecule is O=c1oc2cccc(O)c2cc1F. The van der Waals surface area contributed by atoms with Crippen LogP contribution in [0.15, 0.2) is 33.5 Å². The minimum atomic E-state index is -1.03. The lowest BCUT2D eigenvalue weighted by atomic mass is 10.2. The number of phenols is 1. The summed E-state index contributed by atoms with van der Waals surface area (Å²) in [4.78, 5) is 10.7. The molecule has 1 aromatic carbocycles. The Kier molecular flexibility index (Phi) is 1.55. The fraction of sp³-hybridized carbons (Fsp3) is 0. The Morgan fingerprint density at radius 1 is 1.38 bits per heavy atom. The van der Waals surface area contributed by atoms with E-state index in [4.69, 9.17) is 0 Å². The Morgan fingerprint density at radius 2 is 2.15 bits per heavy atom. The Bertz CT molecular complexity index is 516. The lowest BCUT2D eigenvalue weighted by molar-refractivity contribution is 0.468. The maximum absolute atomic E-state index is 12.7. The van der Waals surface area contributed by atoms with Gasteiger partial charge in [0.25, 0.3) is 0 Å². The fourth-order valence-corrected chi connectivity index (χ4v) is 1.10. The van der Waals surface area contributed by atoms with E-state index in [1.165, 1.54) is 18.2 Å². The van der Waals surface area contributed by atoms with E-state index in [0.29, 0.717) is 0 Å². The minimum Gasteiger partial charge on any atom is -0.507 e. The summed E-state index contributed by atoms with van der Waals surface area (Å²) in [7, 11) is 0. The van der Waals surface area contributed by atoms with Crippen LogP contribution in [-0.4, -0.2) is 5.11 Å². The molecule has 1 N–H and O–H groups in total. The third-order valence-electron chi connectivity index (χ3n) is 1.71. The lowest BCUT2D eigenvalue weighted by Gasteiger charge is -1.97. The van der Waals surface area contributed by atoms with Gasteiger partial charge in [0, 0.05) is 0 Å². The van der Waals surface area contributed by atoms with Crippen LogP contribution in [0.1, 0.15) is 0 Å². The second kappa shape index (κ2) is 2.58. The van der Waals surface area contributed by atoms with Gasteiger partial charge in [0.15, 0.2) is 0 Å². The molecule has 3 nitrogen and oxygen atoms in total. The molecule has 0 aliphatic rings. The molecule has 0 saturated carbocycles. The molecule has 2 aromatic rings. The second-order valence-corrected chi connectivity index (χ2v) is 2.57. The lowest BCUT2D eigenvalue weighted by Crippen LogP contribution is -2.02. The van der Waals surface area contributed by atoms with Gasteiger partial charge in [0.1, 0.15) is 11.3 Å². The van der Waals surface area contributed by atoms with Gasteiger partial charge in [-0.1, -0.05) is 6.07 Å². The number of benzene rings is 1. The van der Waals surface area contributed by atoms with E-state index in [1.54, 1.807) is 0 Å². The average molecular weight is 180 g/mol. The van der Waals surface area contributed by atoms with Crippen molar-refractivity contribution in [3.05, 3.63) is 40.5 Å². The molecule has 0 radical (unpaired) electrons. The number of aromatic hydroxyl groups is 1. The molecule has 0 fully saturated rings. The highest BCUT2D eigenvalue weighted by molar-refractivity contribution is 5.82. The molecule has 4 heteroatoms. The molecular formula is C9H5FO3. The van der Waals surface area contributed by atoms with Crippen molar-refractivity contribution in [2.24, 2.45) is 0 Å². The van der Waals surface area contributed by atoms with Crippen molar-refractivity contribution in [3.63, 3.8) is 0 Å². The van der Waals surface area contributed by atoms with Crippen molar-refractivity contribution in [2.45, 2.75) is 0 Å². The number of halogens is 1. The van der Waals surface area contributed by atoms with Gasteiger partial charge in [-0.25, -0.2) is 4.79 Å². The first kappa shape index (κ1) is 7.79. The first-order valence-corrected chi connectivity index (χ1v) is 3.60. The van der Waals surface area contributed by atoms with E-state index >= 15 is 0 Å². The summed E-state index contributed by atoms with van der Waals surface area (Å²) in [5, 5.41) is 9.45. The van der Waals surface area contributed by atoms with Crippen LogP contribution in [0, 0.1) is 5.82 Å². The Labute approximate surface area is 72.0 Å². The molecule has 0 saturated heterocycles. The van der Waals surface area contributed by atoms with Gasteiger partial charge in [-0.15, -0.1) is 0 Å². The topological polar surface area (TPSA) is 50.4 Å². The standard InChI is InChI=1S/C9H5FO3/c10-6-4-5-7(11)2-1-3-8(5)13-9(6)12/h1-4,11H. The summed E-state index contributed by atoms with van der Waals surface area (Å²) >= 11 is 0. The maximum Gasteiger partial charge on any atom is 0.372 e. The largest absolute Gasteiger partial charge is 0.507 e. The molecule has 0 unspecified atom stereocenters. The molecule has 0 bridgehead atoms. The summed E-state index contributed by atoms with van der Waals surface area (Å²) in [6.45, 7) is 0. The van der Waals surface area contributed by atoms with Crippen molar-refractivity contribution in [3.8, 4) is 5.75 Å². The number of phenolic OH excluding ortho intramolecular Hbond substituents is 1. The van der Waals surface area contributed by atoms with Crippen LogP contribution in [-0.2, 0) is 0 Å². The zero-order chi connectivity index (χ0) is 9.42. The average Bonchev–Trinajstić information content (AvgIpc) is 2.09. The van der Waals surface area contributed by atoms with Gasteiger partial charge in [-0.2, -0.15) is 4.39 Å². The van der Waals surface area contributed by atoms with Crippen molar-refractivity contribution in [1.82, 2.24) is 0 Å². The van der Waals surface area contributed by atoms with Crippen LogP contribution in [0.25, 0.3) is 11.0 Å². The van der Waals surface area contributed by atoms with Crippen LogP contribution in [0.2, 0.25) is 0 Å². The van der Waals surface area contributed by atoms with E-state index in [-0.39, 0.29) is 16.7 Å². The van der Waals surface area contributed by atoms with Crippen molar-refractivity contribution >= 4 is 11.0 Å². The predicted octanol–water partition coefficient (Wildman–Crippen LogP) is 1.64. The van der Waals surface area contributed by atoms with Crippen LogP contribution in [0.3, 0.4) is 0 Å². The third-order valence-corrected chi connectivity index (χ3v) is 1.71. The summed E-state index contributed by atoms with van der Waals surface area (Å²) in [6, 6.07) is 5.34. The molecule has 0 spiro atoms. The highest BCUT2D eigenvalue weighted by Gasteiger charge is 2.06. The molecule has 0 aliphatic carbocycles. The smallest absolute Gasteiger partial charge is 0.372 e. The monoisotopic (exact) mass is 180 g/mol. The quantitative estimate of drug-likeness (QED) is 0.627. The Balaban J connectivity index is 2.97. The highest BCUT2D eigenvalue weighted by Crippen LogP contribution is 2.22. The number of hydrogen-bond acceptors (Lipinski definition) is 3. The number of rotatable bonds is 0. The van der Waals surface area contributed by atoms with E-state index in [2.05, 4.69) is 4.42 Å². The summed E-state index contributed by atoms with van der Waals surface area (Å²) in [5.41, 5.74) is -0.857. The van der Waals surface area contributed by atoms with Crippen molar-refractivity contribution in [1.29, 1.82) is 0 Å². The Hall–Kier alpha value is -1.84. The van der Waals surface area contributed by atoms with Crippen LogP contribution >= 0.6 is 0 Å². The van der Waals surface area contributed by atoms with Gasteiger partial charge in [0.05, 0.1) is 5.39 Å². The van der Waals surface area contributed by atoms with Gasteiger partial charge < -0.3 is 9.52 Å². The van der Waals surface area contributed by atoms with Gasteiger partial charge in [-0.05, 0) is 18.2 Å². The summed E-state index contributed by atoms with van der Waals surface area (Å²) < 4.78 is 17.3. The number of fused-ring (bicyclic) bond motifs is 1. The van der Waals surface area contributed by atoms with Gasteiger partial charge in [-0.3, -0.25) is 0 Å². The first-order chi connectivity index (χ1) is 6.18. The van der Waals surface area contributed by atoms with Crippen LogP contribution in [0.4, 0.5) is 4.39 Å². The molecule has 13 heavy (non-hydrogen) atoms. The fourth-order valence-electron chi connectivity index (χ4n) is 1.10. The molecular weight excluding hydrogens is 175 g/mol. The Morgan fingerprint density at radius 3 is 2.92 bits per heavy atom. The van der Waals surface area contributed by atoms with Crippen LogP contribution in [0.5, 0.6) is 5.75 Å². The second-order valence-electron chi connectivity index (χ2n) is 2.57.